The first-order chi connectivity index (χ1) is 15.3. The predicted octanol–water partition coefficient (Wildman–Crippen LogP) is 2.03. The van der Waals surface area contributed by atoms with Gasteiger partial charge in [0.25, 0.3) is 0 Å². The molecule has 0 aromatic carbocycles. The van der Waals surface area contributed by atoms with Gasteiger partial charge in [0.1, 0.15) is 12.3 Å². The fraction of sp³-hybridized carbons (Fsp3) is 0.917. The predicted molar refractivity (Wildman–Crippen MR) is 117 cm³/mol. The van der Waals surface area contributed by atoms with Crippen molar-refractivity contribution in [1.82, 2.24) is 20.4 Å². The highest BCUT2D eigenvalue weighted by molar-refractivity contribution is 5.82. The maximum absolute atomic E-state index is 14.7. The molecule has 8 unspecified atom stereocenters. The van der Waals surface area contributed by atoms with Crippen LogP contribution >= 0.6 is 0 Å². The Bertz CT molecular complexity index is 721. The van der Waals surface area contributed by atoms with Crippen molar-refractivity contribution < 1.29 is 18.4 Å². The Morgan fingerprint density at radius 2 is 1.84 bits per heavy atom. The number of rotatable bonds is 3. The van der Waals surface area contributed by atoms with E-state index in [-0.39, 0.29) is 47.9 Å². The minimum Gasteiger partial charge on any atom is -0.352 e. The topological polar surface area (TPSA) is 64.7 Å². The van der Waals surface area contributed by atoms with Gasteiger partial charge in [0, 0.05) is 56.6 Å². The Labute approximate surface area is 189 Å². The van der Waals surface area contributed by atoms with Crippen LogP contribution in [0.3, 0.4) is 0 Å². The summed E-state index contributed by atoms with van der Waals surface area (Å²) in [6, 6.07) is -0.156. The molecule has 5 aliphatic rings. The smallest absolute Gasteiger partial charge is 0.237 e. The van der Waals surface area contributed by atoms with Gasteiger partial charge in [0.05, 0.1) is 6.04 Å². The number of hydrogen-bond donors (Lipinski definition) is 2. The zero-order chi connectivity index (χ0) is 22.6. The number of carbonyl (C=O) groups excluding carboxylic acids is 2. The molecule has 0 aromatic rings. The number of fused-ring (bicyclic) bond motifs is 2. The summed E-state index contributed by atoms with van der Waals surface area (Å²) < 4.78 is 29.1. The molecule has 180 valence electrons. The van der Waals surface area contributed by atoms with E-state index in [0.29, 0.717) is 37.5 Å². The molecule has 6 nitrogen and oxygen atoms in total. The maximum atomic E-state index is 14.7. The van der Waals surface area contributed by atoms with Crippen molar-refractivity contribution in [2.45, 2.75) is 101 Å². The van der Waals surface area contributed by atoms with E-state index in [2.05, 4.69) is 22.5 Å². The van der Waals surface area contributed by atoms with Crippen molar-refractivity contribution in [3.63, 3.8) is 0 Å². The number of alkyl halides is 2. The Hall–Kier alpha value is -1.28. The number of nitrogens with zero attached hydrogens (tertiary/aromatic N) is 2. The van der Waals surface area contributed by atoms with Crippen molar-refractivity contribution >= 4 is 11.8 Å². The number of nitrogens with one attached hydrogen (secondary N) is 2. The molecular weight excluding hydrogens is 414 g/mol. The summed E-state index contributed by atoms with van der Waals surface area (Å²) in [5, 5.41) is 6.49. The molecule has 2 aliphatic carbocycles. The van der Waals surface area contributed by atoms with Gasteiger partial charge in [0.2, 0.25) is 11.8 Å². The van der Waals surface area contributed by atoms with E-state index in [9.17, 15) is 18.4 Å². The summed E-state index contributed by atoms with van der Waals surface area (Å²) >= 11 is 0. The maximum Gasteiger partial charge on any atom is 0.237 e. The van der Waals surface area contributed by atoms with Crippen LogP contribution < -0.4 is 10.6 Å². The highest BCUT2D eigenvalue weighted by Crippen LogP contribution is 2.39. The van der Waals surface area contributed by atoms with Gasteiger partial charge in [-0.05, 0) is 56.8 Å². The molecule has 0 bridgehead atoms. The summed E-state index contributed by atoms with van der Waals surface area (Å²) in [6.45, 7) is 6.33. The molecule has 2 amide bonds. The van der Waals surface area contributed by atoms with Crippen molar-refractivity contribution in [3.8, 4) is 0 Å². The van der Waals surface area contributed by atoms with E-state index >= 15 is 0 Å². The molecule has 2 N–H and O–H groups in total. The first-order valence-electron chi connectivity index (χ1n) is 12.7. The lowest BCUT2D eigenvalue weighted by molar-refractivity contribution is -0.130. The van der Waals surface area contributed by atoms with Crippen LogP contribution in [0.4, 0.5) is 8.78 Å². The second-order valence-electron chi connectivity index (χ2n) is 11.2. The lowest BCUT2D eigenvalue weighted by Crippen LogP contribution is -2.53. The Morgan fingerprint density at radius 3 is 2.59 bits per heavy atom. The Morgan fingerprint density at radius 1 is 1.03 bits per heavy atom. The van der Waals surface area contributed by atoms with E-state index in [4.69, 9.17) is 0 Å². The molecule has 3 heterocycles. The minimum atomic E-state index is -0.933. The van der Waals surface area contributed by atoms with E-state index in [1.54, 1.807) is 6.92 Å². The highest BCUT2D eigenvalue weighted by Gasteiger charge is 2.48. The molecule has 5 rings (SSSR count). The van der Waals surface area contributed by atoms with Crippen molar-refractivity contribution in [2.24, 2.45) is 17.8 Å². The number of carbonyl (C=O) groups is 2. The summed E-state index contributed by atoms with van der Waals surface area (Å²) in [4.78, 5) is 29.3. The molecule has 32 heavy (non-hydrogen) atoms. The van der Waals surface area contributed by atoms with Crippen LogP contribution in [0.15, 0.2) is 0 Å². The third-order valence-electron chi connectivity index (χ3n) is 9.12. The van der Waals surface area contributed by atoms with Crippen LogP contribution in [-0.2, 0) is 9.59 Å². The molecule has 0 aromatic heterocycles. The average Bonchev–Trinajstić information content (AvgIpc) is 3.44. The second-order valence-corrected chi connectivity index (χ2v) is 11.2. The molecule has 3 saturated heterocycles. The van der Waals surface area contributed by atoms with Crippen LogP contribution in [0.5, 0.6) is 0 Å². The van der Waals surface area contributed by atoms with Crippen LogP contribution in [0.1, 0.15) is 58.8 Å². The van der Waals surface area contributed by atoms with Gasteiger partial charge in [0.15, 0.2) is 0 Å². The quantitative estimate of drug-likeness (QED) is 0.688. The normalized spacial score (nSPS) is 46.7. The zero-order valence-corrected chi connectivity index (χ0v) is 19.3. The van der Waals surface area contributed by atoms with E-state index in [1.165, 1.54) is 0 Å². The standard InChI is InChI=1S/C24H38F2N4O2/c1-13-3-4-20(26)19-10-21(28-23(13)19)24(32)27-17-7-16(25)8-18(9-17)29-11-15-5-6-30(14(2)31)22(15)12-29/h13,15-23,28H,3-12H2,1-2H3,(H,27,32)/t13?,15-,16?,17?,18?,19?,20?,21?,22+,23?/m1/s1. The fourth-order valence-electron chi connectivity index (χ4n) is 7.42. The first kappa shape index (κ1) is 22.5. The lowest BCUT2D eigenvalue weighted by atomic mass is 9.77. The van der Waals surface area contributed by atoms with Crippen LogP contribution in [-0.4, -0.2) is 83.8 Å². The van der Waals surface area contributed by atoms with Gasteiger partial charge in [-0.3, -0.25) is 14.5 Å². The SMILES string of the molecule is CC(=O)N1CC[C@@H]2CN(C3CC(F)CC(NC(=O)C4CC5C(F)CCC(C)C5N4)C3)C[C@@H]21. The van der Waals surface area contributed by atoms with Gasteiger partial charge in [-0.2, -0.15) is 0 Å². The number of likely N-dealkylation sites (tertiary alicyclic amines) is 2. The van der Waals surface area contributed by atoms with Crippen molar-refractivity contribution in [3.05, 3.63) is 0 Å². The third-order valence-corrected chi connectivity index (χ3v) is 9.12. The summed E-state index contributed by atoms with van der Waals surface area (Å²) in [5.74, 6) is 0.802. The Balaban J connectivity index is 1.18. The van der Waals surface area contributed by atoms with Gasteiger partial charge in [-0.25, -0.2) is 8.78 Å². The third kappa shape index (κ3) is 4.17. The number of amides is 2. The summed E-state index contributed by atoms with van der Waals surface area (Å²) in [5.41, 5.74) is 0. The lowest BCUT2D eigenvalue weighted by Gasteiger charge is -2.38. The largest absolute Gasteiger partial charge is 0.352 e. The first-order valence-corrected chi connectivity index (χ1v) is 12.7. The van der Waals surface area contributed by atoms with E-state index in [0.717, 1.165) is 38.9 Å². The molecule has 5 fully saturated rings. The molecule has 0 radical (unpaired) electrons. The zero-order valence-electron chi connectivity index (χ0n) is 19.3. The fourth-order valence-corrected chi connectivity index (χ4v) is 7.42. The Kier molecular flexibility index (Phi) is 6.20. The average molecular weight is 453 g/mol. The number of halogens is 2. The van der Waals surface area contributed by atoms with Crippen LogP contribution in [0.2, 0.25) is 0 Å². The summed E-state index contributed by atoms with van der Waals surface area (Å²) in [7, 11) is 0. The van der Waals surface area contributed by atoms with Gasteiger partial charge >= 0.3 is 0 Å². The molecular formula is C24H38F2N4O2. The highest BCUT2D eigenvalue weighted by atomic mass is 19.1. The molecule has 2 saturated carbocycles. The van der Waals surface area contributed by atoms with Gasteiger partial charge in [-0.1, -0.05) is 6.92 Å². The summed E-state index contributed by atoms with van der Waals surface area (Å²) in [6.07, 6.45) is 2.83. The minimum absolute atomic E-state index is 0.0655. The van der Waals surface area contributed by atoms with Crippen molar-refractivity contribution in [2.75, 3.05) is 19.6 Å². The van der Waals surface area contributed by atoms with Crippen LogP contribution in [0, 0.1) is 17.8 Å². The molecule has 0 spiro atoms. The van der Waals surface area contributed by atoms with Crippen molar-refractivity contribution in [1.29, 1.82) is 0 Å². The van der Waals surface area contributed by atoms with Gasteiger partial charge in [-0.15, -0.1) is 0 Å². The molecule has 8 heteroatoms. The second kappa shape index (κ2) is 8.82. The molecule has 3 aliphatic heterocycles. The van der Waals surface area contributed by atoms with E-state index < -0.39 is 12.3 Å². The molecule has 10 atom stereocenters. The number of hydrogen-bond acceptors (Lipinski definition) is 4. The van der Waals surface area contributed by atoms with Crippen LogP contribution in [0.25, 0.3) is 0 Å². The van der Waals surface area contributed by atoms with E-state index in [1.807, 2.05) is 4.90 Å². The monoisotopic (exact) mass is 452 g/mol. The van der Waals surface area contributed by atoms with Gasteiger partial charge < -0.3 is 15.5 Å².